The zero-order valence-corrected chi connectivity index (χ0v) is 13.2. The number of carbonyl (C=O) groups is 1. The zero-order valence-electron chi connectivity index (χ0n) is 10.8. The Hall–Kier alpha value is -0.970. The van der Waals surface area contributed by atoms with E-state index in [4.69, 9.17) is 11.6 Å². The van der Waals surface area contributed by atoms with Crippen LogP contribution in [0.15, 0.2) is 41.3 Å². The first kappa shape index (κ1) is 14.0. The van der Waals surface area contributed by atoms with Crippen LogP contribution in [0.4, 0.5) is 5.69 Å². The molecular weight excluding hydrogens is 310 g/mol. The van der Waals surface area contributed by atoms with E-state index in [1.54, 1.807) is 11.3 Å². The molecule has 5 heteroatoms. The van der Waals surface area contributed by atoms with E-state index in [1.165, 1.54) is 9.77 Å². The van der Waals surface area contributed by atoms with Gasteiger partial charge >= 0.3 is 0 Å². The molecule has 1 amide bonds. The quantitative estimate of drug-likeness (QED) is 0.830. The van der Waals surface area contributed by atoms with Crippen LogP contribution in [0.1, 0.15) is 11.3 Å². The summed E-state index contributed by atoms with van der Waals surface area (Å²) in [6.45, 7) is 0.797. The van der Waals surface area contributed by atoms with Gasteiger partial charge in [-0.1, -0.05) is 23.7 Å². The van der Waals surface area contributed by atoms with Gasteiger partial charge in [-0.25, -0.2) is 0 Å². The zero-order chi connectivity index (χ0) is 13.9. The third-order valence-corrected chi connectivity index (χ3v) is 5.58. The summed E-state index contributed by atoms with van der Waals surface area (Å²) >= 11 is 9.28. The van der Waals surface area contributed by atoms with E-state index < -0.39 is 0 Å². The van der Waals surface area contributed by atoms with Gasteiger partial charge in [-0.15, -0.1) is 23.1 Å². The fourth-order valence-corrected chi connectivity index (χ4v) is 4.36. The number of anilines is 1. The molecule has 3 rings (SSSR count). The Labute approximate surface area is 131 Å². The SMILES string of the molecule is O=C(CCc1ccc(Cl)s1)N1CCSc2ccccc21. The molecule has 20 heavy (non-hydrogen) atoms. The molecule has 2 nitrogen and oxygen atoms in total. The number of amides is 1. The van der Waals surface area contributed by atoms with Crippen molar-refractivity contribution in [3.05, 3.63) is 45.6 Å². The molecule has 1 aromatic heterocycles. The van der Waals surface area contributed by atoms with E-state index in [0.717, 1.165) is 28.7 Å². The van der Waals surface area contributed by atoms with Crippen LogP contribution >= 0.6 is 34.7 Å². The van der Waals surface area contributed by atoms with Gasteiger partial charge in [-0.3, -0.25) is 4.79 Å². The Kier molecular flexibility index (Phi) is 4.34. The lowest BCUT2D eigenvalue weighted by Crippen LogP contribution is -2.35. The molecule has 0 saturated heterocycles. The van der Waals surface area contributed by atoms with Gasteiger partial charge in [0.1, 0.15) is 0 Å². The van der Waals surface area contributed by atoms with Crippen molar-refractivity contribution >= 4 is 46.3 Å². The van der Waals surface area contributed by atoms with Crippen molar-refractivity contribution in [2.45, 2.75) is 17.7 Å². The molecule has 0 spiro atoms. The average Bonchev–Trinajstić information content (AvgIpc) is 2.90. The highest BCUT2D eigenvalue weighted by Gasteiger charge is 2.22. The summed E-state index contributed by atoms with van der Waals surface area (Å²) < 4.78 is 0.784. The van der Waals surface area contributed by atoms with Gasteiger partial charge in [-0.05, 0) is 30.7 Å². The normalized spacial score (nSPS) is 14.2. The standard InChI is InChI=1S/C15H14ClNOS2/c16-14-7-5-11(20-14)6-8-15(18)17-9-10-19-13-4-2-1-3-12(13)17/h1-5,7H,6,8-10H2. The molecule has 0 saturated carbocycles. The molecule has 1 aromatic carbocycles. The Morgan fingerprint density at radius 1 is 1.25 bits per heavy atom. The van der Waals surface area contributed by atoms with Crippen LogP contribution in [0.2, 0.25) is 4.34 Å². The van der Waals surface area contributed by atoms with Gasteiger partial charge < -0.3 is 4.90 Å². The van der Waals surface area contributed by atoms with Gasteiger partial charge in [0.15, 0.2) is 0 Å². The molecule has 104 valence electrons. The number of fused-ring (bicyclic) bond motifs is 1. The van der Waals surface area contributed by atoms with Gasteiger partial charge in [0.25, 0.3) is 0 Å². The van der Waals surface area contributed by atoms with E-state index in [9.17, 15) is 4.79 Å². The van der Waals surface area contributed by atoms with Gasteiger partial charge in [0, 0.05) is 28.5 Å². The summed E-state index contributed by atoms with van der Waals surface area (Å²) in [5.41, 5.74) is 1.05. The molecular formula is C15H14ClNOS2. The number of halogens is 1. The first-order valence-electron chi connectivity index (χ1n) is 6.50. The minimum Gasteiger partial charge on any atom is -0.310 e. The number of hydrogen-bond acceptors (Lipinski definition) is 3. The first-order valence-corrected chi connectivity index (χ1v) is 8.68. The maximum atomic E-state index is 12.4. The summed E-state index contributed by atoms with van der Waals surface area (Å²) in [6, 6.07) is 12.0. The monoisotopic (exact) mass is 323 g/mol. The van der Waals surface area contributed by atoms with E-state index in [-0.39, 0.29) is 5.91 Å². The van der Waals surface area contributed by atoms with Crippen molar-refractivity contribution in [1.29, 1.82) is 0 Å². The first-order chi connectivity index (χ1) is 9.74. The maximum absolute atomic E-state index is 12.4. The lowest BCUT2D eigenvalue weighted by atomic mass is 10.2. The highest BCUT2D eigenvalue weighted by Crippen LogP contribution is 2.34. The van der Waals surface area contributed by atoms with E-state index in [1.807, 2.05) is 47.0 Å². The predicted molar refractivity (Wildman–Crippen MR) is 87.2 cm³/mol. The van der Waals surface area contributed by atoms with Crippen LogP contribution in [0.3, 0.4) is 0 Å². The van der Waals surface area contributed by atoms with Crippen LogP contribution in [0.5, 0.6) is 0 Å². The molecule has 2 aromatic rings. The second-order valence-corrected chi connectivity index (χ2v) is 7.50. The van der Waals surface area contributed by atoms with E-state index >= 15 is 0 Å². The Morgan fingerprint density at radius 3 is 2.90 bits per heavy atom. The highest BCUT2D eigenvalue weighted by atomic mass is 35.5. The number of aryl methyl sites for hydroxylation is 1. The number of thiophene rings is 1. The predicted octanol–water partition coefficient (Wildman–Crippen LogP) is 4.47. The van der Waals surface area contributed by atoms with Crippen LogP contribution in [-0.2, 0) is 11.2 Å². The number of thioether (sulfide) groups is 1. The molecule has 1 aliphatic heterocycles. The molecule has 0 unspecified atom stereocenters. The largest absolute Gasteiger partial charge is 0.310 e. The van der Waals surface area contributed by atoms with Crippen LogP contribution in [-0.4, -0.2) is 18.2 Å². The second-order valence-electron chi connectivity index (χ2n) is 4.57. The molecule has 0 N–H and O–H groups in total. The second kappa shape index (κ2) is 6.20. The van der Waals surface area contributed by atoms with Crippen molar-refractivity contribution in [1.82, 2.24) is 0 Å². The molecule has 2 heterocycles. The number of nitrogens with zero attached hydrogens (tertiary/aromatic N) is 1. The number of rotatable bonds is 3. The number of hydrogen-bond donors (Lipinski definition) is 0. The third-order valence-electron chi connectivity index (χ3n) is 3.24. The van der Waals surface area contributed by atoms with Gasteiger partial charge in [-0.2, -0.15) is 0 Å². The molecule has 0 radical (unpaired) electrons. The Balaban J connectivity index is 1.69. The Morgan fingerprint density at radius 2 is 2.10 bits per heavy atom. The molecule has 0 fully saturated rings. The molecule has 0 atom stereocenters. The van der Waals surface area contributed by atoms with Crippen molar-refractivity contribution in [2.75, 3.05) is 17.2 Å². The van der Waals surface area contributed by atoms with Crippen molar-refractivity contribution < 1.29 is 4.79 Å². The summed E-state index contributed by atoms with van der Waals surface area (Å²) in [5, 5.41) is 0. The van der Waals surface area contributed by atoms with E-state index in [0.29, 0.717) is 6.42 Å². The lowest BCUT2D eigenvalue weighted by molar-refractivity contribution is -0.118. The van der Waals surface area contributed by atoms with Crippen LogP contribution in [0.25, 0.3) is 0 Å². The summed E-state index contributed by atoms with van der Waals surface area (Å²) in [7, 11) is 0. The minimum absolute atomic E-state index is 0.197. The van der Waals surface area contributed by atoms with Crippen LogP contribution in [0, 0.1) is 0 Å². The number of benzene rings is 1. The number of carbonyl (C=O) groups excluding carboxylic acids is 1. The summed E-state index contributed by atoms with van der Waals surface area (Å²) in [4.78, 5) is 16.7. The molecule has 0 bridgehead atoms. The van der Waals surface area contributed by atoms with Crippen LogP contribution < -0.4 is 4.90 Å². The molecule has 0 aliphatic carbocycles. The fourth-order valence-electron chi connectivity index (χ4n) is 2.28. The average molecular weight is 324 g/mol. The maximum Gasteiger partial charge on any atom is 0.227 e. The lowest BCUT2D eigenvalue weighted by Gasteiger charge is -2.29. The van der Waals surface area contributed by atoms with Crippen molar-refractivity contribution in [3.8, 4) is 0 Å². The van der Waals surface area contributed by atoms with Crippen molar-refractivity contribution in [2.24, 2.45) is 0 Å². The van der Waals surface area contributed by atoms with Gasteiger partial charge in [0.2, 0.25) is 5.91 Å². The van der Waals surface area contributed by atoms with Crippen molar-refractivity contribution in [3.63, 3.8) is 0 Å². The van der Waals surface area contributed by atoms with E-state index in [2.05, 4.69) is 6.07 Å². The minimum atomic E-state index is 0.197. The molecule has 1 aliphatic rings. The fraction of sp³-hybridized carbons (Fsp3) is 0.267. The summed E-state index contributed by atoms with van der Waals surface area (Å²) in [6.07, 6.45) is 1.30. The third kappa shape index (κ3) is 3.03. The Bertz CT molecular complexity index is 626. The smallest absolute Gasteiger partial charge is 0.227 e. The topological polar surface area (TPSA) is 20.3 Å². The summed E-state index contributed by atoms with van der Waals surface area (Å²) in [5.74, 6) is 1.16. The number of para-hydroxylation sites is 1. The van der Waals surface area contributed by atoms with Gasteiger partial charge in [0.05, 0.1) is 10.0 Å². The highest BCUT2D eigenvalue weighted by molar-refractivity contribution is 7.99.